The molecule has 0 aliphatic carbocycles. The van der Waals surface area contributed by atoms with E-state index in [1.165, 1.54) is 12.4 Å². The maximum Gasteiger partial charge on any atom is 0.408 e. The van der Waals surface area contributed by atoms with E-state index in [1.807, 2.05) is 13.0 Å². The van der Waals surface area contributed by atoms with Crippen LogP contribution in [-0.4, -0.2) is 16.0 Å². The summed E-state index contributed by atoms with van der Waals surface area (Å²) in [6.45, 7) is 0.782. The second-order valence-electron chi connectivity index (χ2n) is 4.12. The summed E-state index contributed by atoms with van der Waals surface area (Å²) in [5.41, 5.74) is 8.60. The number of rotatable bonds is 2. The van der Waals surface area contributed by atoms with Crippen molar-refractivity contribution in [3.8, 4) is 11.1 Å². The largest absolute Gasteiger partial charge is 0.408 e. The van der Waals surface area contributed by atoms with Crippen molar-refractivity contribution < 1.29 is 13.2 Å². The number of nitrogens with zero attached hydrogens (tertiary/aromatic N) is 2. The maximum atomic E-state index is 12.2. The lowest BCUT2D eigenvalue weighted by molar-refractivity contribution is -0.142. The van der Waals surface area contributed by atoms with Crippen LogP contribution in [0.3, 0.4) is 0 Å². The van der Waals surface area contributed by atoms with Gasteiger partial charge in [-0.25, -0.2) is 0 Å². The lowest BCUT2D eigenvalue weighted by Crippen LogP contribution is -2.17. The minimum Gasteiger partial charge on any atom is -0.399 e. The zero-order valence-corrected chi connectivity index (χ0v) is 9.70. The van der Waals surface area contributed by atoms with Crippen molar-refractivity contribution in [2.45, 2.75) is 19.6 Å². The van der Waals surface area contributed by atoms with Gasteiger partial charge >= 0.3 is 6.18 Å². The fraction of sp³-hybridized carbons (Fsp3) is 0.250. The van der Waals surface area contributed by atoms with Gasteiger partial charge in [0.25, 0.3) is 0 Å². The topological polar surface area (TPSA) is 43.8 Å². The minimum atomic E-state index is -4.27. The Labute approximate surface area is 102 Å². The number of aryl methyl sites for hydroxylation is 1. The smallest absolute Gasteiger partial charge is 0.399 e. The molecule has 0 fully saturated rings. The molecule has 1 heterocycles. The predicted octanol–water partition coefficient (Wildman–Crippen LogP) is 3.00. The third-order valence-electron chi connectivity index (χ3n) is 2.55. The summed E-state index contributed by atoms with van der Waals surface area (Å²) in [5.74, 6) is 0. The quantitative estimate of drug-likeness (QED) is 0.838. The molecule has 2 aromatic rings. The molecule has 1 aromatic carbocycles. The highest BCUT2D eigenvalue weighted by Crippen LogP contribution is 2.26. The molecule has 0 bridgehead atoms. The van der Waals surface area contributed by atoms with E-state index in [2.05, 4.69) is 5.10 Å². The normalized spacial score (nSPS) is 11.8. The van der Waals surface area contributed by atoms with Crippen molar-refractivity contribution in [3.05, 3.63) is 36.2 Å². The molecule has 0 spiro atoms. The Kier molecular flexibility index (Phi) is 3.02. The number of nitrogen functional groups attached to an aromatic ring is 1. The Balaban J connectivity index is 2.32. The molecular formula is C12H12F3N3. The van der Waals surface area contributed by atoms with Gasteiger partial charge in [0.05, 0.1) is 6.20 Å². The number of halogens is 3. The maximum absolute atomic E-state index is 12.2. The standard InChI is InChI=1S/C12H12F3N3/c1-8-2-3-10(16)4-11(8)9-5-17-18(6-9)7-12(13,14)15/h2-6H,7,16H2,1H3. The molecule has 0 aliphatic rings. The first-order valence-electron chi connectivity index (χ1n) is 5.31. The first-order valence-corrected chi connectivity index (χ1v) is 5.31. The van der Waals surface area contributed by atoms with E-state index in [0.717, 1.165) is 15.8 Å². The van der Waals surface area contributed by atoms with Crippen molar-refractivity contribution in [1.82, 2.24) is 9.78 Å². The zero-order chi connectivity index (χ0) is 13.3. The Morgan fingerprint density at radius 1 is 1.33 bits per heavy atom. The molecule has 0 saturated heterocycles. The van der Waals surface area contributed by atoms with Gasteiger partial charge in [0.1, 0.15) is 6.54 Å². The van der Waals surface area contributed by atoms with Gasteiger partial charge in [0.2, 0.25) is 0 Å². The number of hydrogen-bond donors (Lipinski definition) is 1. The fourth-order valence-electron chi connectivity index (χ4n) is 1.72. The van der Waals surface area contributed by atoms with Gasteiger partial charge in [0, 0.05) is 17.4 Å². The van der Waals surface area contributed by atoms with Crippen molar-refractivity contribution in [3.63, 3.8) is 0 Å². The Hall–Kier alpha value is -1.98. The van der Waals surface area contributed by atoms with E-state index in [1.54, 1.807) is 12.1 Å². The number of aromatic nitrogens is 2. The summed E-state index contributed by atoms with van der Waals surface area (Å²) < 4.78 is 37.5. The first kappa shape index (κ1) is 12.5. The van der Waals surface area contributed by atoms with Crippen molar-refractivity contribution in [2.75, 3.05) is 5.73 Å². The Morgan fingerprint density at radius 3 is 2.72 bits per heavy atom. The number of benzene rings is 1. The molecule has 0 atom stereocenters. The van der Waals surface area contributed by atoms with Gasteiger partial charge < -0.3 is 5.73 Å². The van der Waals surface area contributed by atoms with Crippen LogP contribution in [0, 0.1) is 6.92 Å². The summed E-state index contributed by atoms with van der Waals surface area (Å²) in [4.78, 5) is 0. The molecule has 0 aliphatic heterocycles. The van der Waals surface area contributed by atoms with E-state index in [4.69, 9.17) is 5.73 Å². The SMILES string of the molecule is Cc1ccc(N)cc1-c1cnn(CC(F)(F)F)c1. The van der Waals surface area contributed by atoms with E-state index in [9.17, 15) is 13.2 Å². The average molecular weight is 255 g/mol. The van der Waals surface area contributed by atoms with Gasteiger partial charge in [-0.1, -0.05) is 6.07 Å². The van der Waals surface area contributed by atoms with Crippen LogP contribution < -0.4 is 5.73 Å². The number of hydrogen-bond acceptors (Lipinski definition) is 2. The van der Waals surface area contributed by atoms with Crippen LogP contribution in [0.1, 0.15) is 5.56 Å². The second kappa shape index (κ2) is 4.36. The van der Waals surface area contributed by atoms with Crippen LogP contribution in [0.2, 0.25) is 0 Å². The predicted molar refractivity (Wildman–Crippen MR) is 62.9 cm³/mol. The van der Waals surface area contributed by atoms with Crippen LogP contribution in [0.15, 0.2) is 30.6 Å². The van der Waals surface area contributed by atoms with Gasteiger partial charge in [0.15, 0.2) is 0 Å². The number of alkyl halides is 3. The molecule has 0 unspecified atom stereocenters. The van der Waals surface area contributed by atoms with E-state index in [0.29, 0.717) is 11.3 Å². The Bertz CT molecular complexity index is 558. The van der Waals surface area contributed by atoms with Crippen molar-refractivity contribution >= 4 is 5.69 Å². The second-order valence-corrected chi connectivity index (χ2v) is 4.12. The lowest BCUT2D eigenvalue weighted by Gasteiger charge is -2.06. The molecule has 0 saturated carbocycles. The van der Waals surface area contributed by atoms with E-state index >= 15 is 0 Å². The third kappa shape index (κ3) is 2.82. The highest BCUT2D eigenvalue weighted by Gasteiger charge is 2.28. The molecule has 2 N–H and O–H groups in total. The van der Waals surface area contributed by atoms with Gasteiger partial charge in [-0.2, -0.15) is 18.3 Å². The molecule has 6 heteroatoms. The highest BCUT2D eigenvalue weighted by atomic mass is 19.4. The van der Waals surface area contributed by atoms with Gasteiger partial charge in [-0.05, 0) is 30.2 Å². The molecule has 18 heavy (non-hydrogen) atoms. The van der Waals surface area contributed by atoms with E-state index < -0.39 is 12.7 Å². The van der Waals surface area contributed by atoms with Crippen LogP contribution >= 0.6 is 0 Å². The summed E-state index contributed by atoms with van der Waals surface area (Å²) in [7, 11) is 0. The Morgan fingerprint density at radius 2 is 2.06 bits per heavy atom. The van der Waals surface area contributed by atoms with Crippen LogP contribution in [0.5, 0.6) is 0 Å². The molecule has 1 aromatic heterocycles. The zero-order valence-electron chi connectivity index (χ0n) is 9.70. The number of nitrogens with two attached hydrogens (primary N) is 1. The number of anilines is 1. The molecule has 3 nitrogen and oxygen atoms in total. The molecule has 2 rings (SSSR count). The summed E-state index contributed by atoms with van der Waals surface area (Å²) in [5, 5.41) is 3.70. The third-order valence-corrected chi connectivity index (χ3v) is 2.55. The van der Waals surface area contributed by atoms with Gasteiger partial charge in [-0.15, -0.1) is 0 Å². The van der Waals surface area contributed by atoms with Crippen molar-refractivity contribution in [1.29, 1.82) is 0 Å². The van der Waals surface area contributed by atoms with Crippen LogP contribution in [-0.2, 0) is 6.54 Å². The molecule has 96 valence electrons. The van der Waals surface area contributed by atoms with Crippen LogP contribution in [0.4, 0.5) is 18.9 Å². The molecule has 0 amide bonds. The average Bonchev–Trinajstić information content (AvgIpc) is 2.67. The summed E-state index contributed by atoms with van der Waals surface area (Å²) in [6, 6.07) is 5.30. The summed E-state index contributed by atoms with van der Waals surface area (Å²) in [6.07, 6.45) is -1.49. The van der Waals surface area contributed by atoms with E-state index in [-0.39, 0.29) is 0 Å². The van der Waals surface area contributed by atoms with Crippen molar-refractivity contribution in [2.24, 2.45) is 0 Å². The first-order chi connectivity index (χ1) is 8.35. The summed E-state index contributed by atoms with van der Waals surface area (Å²) >= 11 is 0. The molecule has 0 radical (unpaired) electrons. The fourth-order valence-corrected chi connectivity index (χ4v) is 1.72. The highest BCUT2D eigenvalue weighted by molar-refractivity contribution is 5.69. The lowest BCUT2D eigenvalue weighted by atomic mass is 10.0. The van der Waals surface area contributed by atoms with Crippen LogP contribution in [0.25, 0.3) is 11.1 Å². The molecular weight excluding hydrogens is 243 g/mol. The van der Waals surface area contributed by atoms with Gasteiger partial charge in [-0.3, -0.25) is 4.68 Å². The minimum absolute atomic E-state index is 0.569. The monoisotopic (exact) mass is 255 g/mol.